The predicted octanol–water partition coefficient (Wildman–Crippen LogP) is -1.70. The lowest BCUT2D eigenvalue weighted by Gasteiger charge is -2.47. The molecule has 4 fully saturated rings. The number of carbonyl (C=O) groups excluding carboxylic acids is 4. The summed E-state index contributed by atoms with van der Waals surface area (Å²) in [6.45, 7) is 6.61. The van der Waals surface area contributed by atoms with Gasteiger partial charge in [-0.15, -0.1) is 0 Å². The first-order valence-corrected chi connectivity index (χ1v) is 26.6. The molecule has 27 nitrogen and oxygen atoms in total. The van der Waals surface area contributed by atoms with Crippen LogP contribution in [-0.2, 0) is 66.6 Å². The van der Waals surface area contributed by atoms with E-state index in [-0.39, 0.29) is 19.3 Å². The number of nitrogens with one attached hydrogen (secondary N) is 1. The number of ether oxygens (including phenoxy) is 9. The van der Waals surface area contributed by atoms with Crippen LogP contribution in [0.4, 0.5) is 0 Å². The van der Waals surface area contributed by atoms with E-state index in [0.717, 1.165) is 62.7 Å². The van der Waals surface area contributed by atoms with Gasteiger partial charge in [-0.1, -0.05) is 59.3 Å². The molecule has 9 N–H and O–H groups in total. The van der Waals surface area contributed by atoms with Crippen molar-refractivity contribution in [2.24, 2.45) is 17.6 Å². The quantitative estimate of drug-likeness (QED) is 0.0276. The molecule has 444 valence electrons. The zero-order chi connectivity index (χ0) is 57.9. The summed E-state index contributed by atoms with van der Waals surface area (Å²) in [6.07, 6.45) is -15.7. The molecule has 0 radical (unpaired) electrons. The summed E-state index contributed by atoms with van der Waals surface area (Å²) in [5.74, 6) is -5.39. The summed E-state index contributed by atoms with van der Waals surface area (Å²) < 4.78 is 52.5. The van der Waals surface area contributed by atoms with Crippen LogP contribution in [0.3, 0.4) is 0 Å². The van der Waals surface area contributed by atoms with Crippen molar-refractivity contribution in [3.8, 4) is 0 Å². The molecular weight excluding hydrogens is 1030 g/mol. The van der Waals surface area contributed by atoms with Gasteiger partial charge in [0.1, 0.15) is 78.8 Å². The lowest BCUT2D eigenvalue weighted by Crippen LogP contribution is -2.72. The van der Waals surface area contributed by atoms with Gasteiger partial charge in [-0.2, -0.15) is 0 Å². The number of methoxy groups -OCH3 is 3. The van der Waals surface area contributed by atoms with E-state index in [1.165, 1.54) is 28.4 Å². The minimum absolute atomic E-state index is 0.198. The van der Waals surface area contributed by atoms with Gasteiger partial charge in [0.05, 0.1) is 18.6 Å². The Morgan fingerprint density at radius 1 is 0.769 bits per heavy atom. The topological polar surface area (TPSA) is 377 Å². The van der Waals surface area contributed by atoms with Gasteiger partial charge in [-0.05, 0) is 38.6 Å². The lowest BCUT2D eigenvalue weighted by molar-refractivity contribution is -0.297. The van der Waals surface area contributed by atoms with E-state index in [9.17, 15) is 64.2 Å². The van der Waals surface area contributed by atoms with Crippen LogP contribution in [0, 0.1) is 11.8 Å². The Morgan fingerprint density at radius 2 is 1.35 bits per heavy atom. The predicted molar refractivity (Wildman–Crippen MR) is 270 cm³/mol. The highest BCUT2D eigenvalue weighted by Gasteiger charge is 2.68. The molecule has 0 saturated carbocycles. The first-order chi connectivity index (χ1) is 36.8. The summed E-state index contributed by atoms with van der Waals surface area (Å²) in [4.78, 5) is 97.3. The van der Waals surface area contributed by atoms with Crippen LogP contribution in [-0.4, -0.2) is 232 Å². The number of esters is 3. The van der Waals surface area contributed by atoms with Crippen LogP contribution in [0.1, 0.15) is 105 Å². The number of hydrogen-bond donors (Lipinski definition) is 8. The van der Waals surface area contributed by atoms with E-state index in [1.807, 2.05) is 4.98 Å². The van der Waals surface area contributed by atoms with Gasteiger partial charge in [-0.25, -0.2) is 9.59 Å². The van der Waals surface area contributed by atoms with Crippen molar-refractivity contribution in [3.05, 3.63) is 33.1 Å². The Hall–Kier alpha value is -4.49. The van der Waals surface area contributed by atoms with E-state index in [4.69, 9.17) is 48.4 Å². The molecular formula is C51H83N5O22. The Bertz CT molecular complexity index is 2270. The smallest absolute Gasteiger partial charge is 0.330 e. The molecule has 27 heteroatoms. The van der Waals surface area contributed by atoms with Crippen molar-refractivity contribution in [1.82, 2.24) is 19.4 Å². The minimum Gasteiger partial charge on any atom is -0.480 e. The Morgan fingerprint density at radius 3 is 1.92 bits per heavy atom. The molecule has 4 aliphatic heterocycles. The number of aromatic amines is 1. The summed E-state index contributed by atoms with van der Waals surface area (Å²) in [5, 5.41) is 69.1. The van der Waals surface area contributed by atoms with Crippen molar-refractivity contribution in [1.29, 1.82) is 0 Å². The fraction of sp³-hybridized carbons (Fsp3) is 0.824. The molecule has 5 heterocycles. The number of carboxylic acids is 1. The lowest BCUT2D eigenvalue weighted by atomic mass is 9.76. The minimum atomic E-state index is -3.08. The van der Waals surface area contributed by atoms with Gasteiger partial charge in [0.15, 0.2) is 12.3 Å². The number of carbonyl (C=O) groups is 5. The largest absolute Gasteiger partial charge is 0.480 e. The molecule has 1 aromatic rings. The molecule has 19 atom stereocenters. The van der Waals surface area contributed by atoms with Gasteiger partial charge in [-0.3, -0.25) is 38.4 Å². The van der Waals surface area contributed by atoms with E-state index in [2.05, 4.69) is 13.8 Å². The molecule has 4 saturated heterocycles. The van der Waals surface area contributed by atoms with Gasteiger partial charge in [0.2, 0.25) is 12.2 Å². The summed E-state index contributed by atoms with van der Waals surface area (Å²) in [5.41, 5.74) is 0.814. The van der Waals surface area contributed by atoms with E-state index < -0.39 is 176 Å². The zero-order valence-corrected chi connectivity index (χ0v) is 46.0. The van der Waals surface area contributed by atoms with E-state index in [1.54, 1.807) is 13.8 Å². The second-order valence-electron chi connectivity index (χ2n) is 21.5. The highest BCUT2D eigenvalue weighted by atomic mass is 16.7. The number of nitrogens with zero attached hydrogens (tertiary/aromatic N) is 3. The Kier molecular flexibility index (Phi) is 23.7. The fourth-order valence-electron chi connectivity index (χ4n) is 11.1. The van der Waals surface area contributed by atoms with Gasteiger partial charge in [0, 0.05) is 66.6 Å². The van der Waals surface area contributed by atoms with Gasteiger partial charge < -0.3 is 83.9 Å². The van der Waals surface area contributed by atoms with Crippen LogP contribution in [0.15, 0.2) is 21.9 Å². The average molecular weight is 1120 g/mol. The third-order valence-corrected chi connectivity index (χ3v) is 15.2. The molecule has 5 rings (SSSR count). The highest BCUT2D eigenvalue weighted by Crippen LogP contribution is 2.44. The van der Waals surface area contributed by atoms with Crippen LogP contribution in [0.5, 0.6) is 0 Å². The maximum absolute atomic E-state index is 14.8. The van der Waals surface area contributed by atoms with Crippen molar-refractivity contribution < 1.29 is 97.2 Å². The third kappa shape index (κ3) is 15.1. The van der Waals surface area contributed by atoms with Gasteiger partial charge in [0.25, 0.3) is 5.56 Å². The fourth-order valence-corrected chi connectivity index (χ4v) is 11.1. The third-order valence-electron chi connectivity index (χ3n) is 15.2. The number of nitrogens with two attached hydrogens (primary N) is 1. The monoisotopic (exact) mass is 1120 g/mol. The first-order valence-electron chi connectivity index (χ1n) is 26.6. The molecule has 0 bridgehead atoms. The zero-order valence-electron chi connectivity index (χ0n) is 46.0. The number of H-pyrrole nitrogens is 1. The normalized spacial score (nSPS) is 33.3. The molecule has 19 unspecified atom stereocenters. The SMILES string of the molecule is COC1C(C)OC(OC(=O)CC(C)CC(=O)OC(CCCCCCCCC(C)C)CC(=O)OC2CN(C)C(C(O)(C3OC(CN)C(O)C3O)C3OC(n4ccc(=O)[nH]c4=O)C(O)C3O)C(=O)N(C)C2C(=O)O)C(OC)C1OC. The average Bonchev–Trinajstić information content (AvgIpc) is 4.01. The van der Waals surface area contributed by atoms with Crippen molar-refractivity contribution in [3.63, 3.8) is 0 Å². The first kappa shape index (κ1) is 64.3. The molecule has 0 aliphatic carbocycles. The summed E-state index contributed by atoms with van der Waals surface area (Å²) in [6, 6.07) is -3.17. The molecule has 78 heavy (non-hydrogen) atoms. The van der Waals surface area contributed by atoms with Crippen LogP contribution < -0.4 is 17.0 Å². The van der Waals surface area contributed by atoms with Crippen molar-refractivity contribution in [2.75, 3.05) is 48.5 Å². The highest BCUT2D eigenvalue weighted by molar-refractivity contribution is 5.89. The number of aliphatic hydroxyl groups is 5. The second-order valence-corrected chi connectivity index (χ2v) is 21.5. The standard InChI is InChI=1S/C51H83N5O22/c1-25(2)16-14-12-10-11-13-15-17-28(74-32(58)20-26(3)21-33(59)77-49-42(72-9)41(71-8)40(70-7)27(4)73-49)22-34(60)75-30-24-54(5)43(46(65)55(6)35(30)48(66)67)51(69,44-37(62)36(61)29(23-52)76-44)45-38(63)39(64)47(78-45)56-19-18-31(57)53-50(56)68/h18-19,25-30,35-45,47,49,61-64,69H,10-17,20-24,52H2,1-9H3,(H,66,67)(H,53,57,68). The molecule has 1 amide bonds. The number of hydrogen-bond acceptors (Lipinski definition) is 23. The maximum Gasteiger partial charge on any atom is 0.330 e. The molecule has 4 aliphatic rings. The number of aliphatic hydroxyl groups excluding tert-OH is 4. The molecule has 0 aromatic carbocycles. The number of unbranched alkanes of at least 4 members (excludes halogenated alkanes) is 5. The second kappa shape index (κ2) is 28.8. The Labute approximate surface area is 452 Å². The molecule has 1 aromatic heterocycles. The number of likely N-dealkylation sites (N-methyl/N-ethyl adjacent to an activating group) is 2. The summed E-state index contributed by atoms with van der Waals surface area (Å²) in [7, 11) is 6.64. The summed E-state index contributed by atoms with van der Waals surface area (Å²) >= 11 is 0. The van der Waals surface area contributed by atoms with Crippen molar-refractivity contribution >= 4 is 29.8 Å². The van der Waals surface area contributed by atoms with Crippen molar-refractivity contribution in [2.45, 2.75) is 208 Å². The Balaban J connectivity index is 1.36. The van der Waals surface area contributed by atoms with E-state index >= 15 is 0 Å². The molecule has 0 spiro atoms. The van der Waals surface area contributed by atoms with Crippen LogP contribution in [0.2, 0.25) is 0 Å². The van der Waals surface area contributed by atoms with E-state index in [0.29, 0.717) is 21.8 Å². The number of rotatable bonds is 27. The van der Waals surface area contributed by atoms with Crippen LogP contribution in [0.25, 0.3) is 0 Å². The number of carboxylic acid groups (broad SMARTS) is 1. The number of aliphatic carboxylic acids is 1. The number of aromatic nitrogens is 2. The van der Waals surface area contributed by atoms with Crippen LogP contribution >= 0.6 is 0 Å². The number of amides is 1. The maximum atomic E-state index is 14.8. The van der Waals surface area contributed by atoms with Gasteiger partial charge >= 0.3 is 29.6 Å².